The number of benzene rings is 3. The summed E-state index contributed by atoms with van der Waals surface area (Å²) < 4.78 is 80.6. The minimum Gasteiger partial charge on any atom is -0.542 e. The van der Waals surface area contributed by atoms with Gasteiger partial charge >= 0.3 is 232 Å². The van der Waals surface area contributed by atoms with Crippen LogP contribution in [-0.4, -0.2) is 79.0 Å². The van der Waals surface area contributed by atoms with E-state index in [-0.39, 0.29) is 37.5 Å². The smallest absolute Gasteiger partial charge is 0.430 e. The van der Waals surface area contributed by atoms with Crippen LogP contribution in [-0.2, 0) is 18.9 Å². The Balaban J connectivity index is 0.000000942. The summed E-state index contributed by atoms with van der Waals surface area (Å²) in [7, 11) is 3.16. The number of hydrogen-bond acceptors (Lipinski definition) is 5. The van der Waals surface area contributed by atoms with Gasteiger partial charge in [0.2, 0.25) is 0 Å². The molecule has 0 saturated heterocycles. The van der Waals surface area contributed by atoms with E-state index in [0.717, 1.165) is 0 Å². The Morgan fingerprint density at radius 1 is 0.783 bits per heavy atom. The molecule has 0 fully saturated rings. The Labute approximate surface area is 261 Å². The summed E-state index contributed by atoms with van der Waals surface area (Å²) >= 11 is 0. The van der Waals surface area contributed by atoms with E-state index in [2.05, 4.69) is 0 Å². The quantitative estimate of drug-likeness (QED) is 0.109. The minimum atomic E-state index is -5.22. The predicted molar refractivity (Wildman–Crippen MR) is 160 cm³/mol. The molecular formula is C30H33F6N4O5P. The summed E-state index contributed by atoms with van der Waals surface area (Å²) in [6, 6.07) is 25.7. The predicted octanol–water partition coefficient (Wildman–Crippen LogP) is 1.60. The minimum absolute atomic E-state index is 0.0158. The molecule has 250 valence electrons. The van der Waals surface area contributed by atoms with Crippen molar-refractivity contribution in [2.75, 3.05) is 33.3 Å². The van der Waals surface area contributed by atoms with E-state index < -0.39 is 31.1 Å². The average Bonchev–Trinajstić information content (AvgIpc) is 3.01. The normalized spacial score (nSPS) is 12.4. The Morgan fingerprint density at radius 2 is 1.15 bits per heavy atom. The summed E-state index contributed by atoms with van der Waals surface area (Å²) in [5.74, 6) is -5.57. The zero-order valence-corrected chi connectivity index (χ0v) is 25.7. The van der Waals surface area contributed by atoms with Gasteiger partial charge in [0.15, 0.2) is 0 Å². The van der Waals surface area contributed by atoms with Crippen LogP contribution < -0.4 is 32.5 Å². The molecule has 0 radical (unpaired) electrons. The van der Waals surface area contributed by atoms with Crippen LogP contribution in [0.3, 0.4) is 0 Å². The van der Waals surface area contributed by atoms with Crippen molar-refractivity contribution in [3.05, 3.63) is 91.0 Å². The Morgan fingerprint density at radius 3 is 1.46 bits per heavy atom. The first-order valence-corrected chi connectivity index (χ1v) is 15.8. The van der Waals surface area contributed by atoms with E-state index >= 15 is 0 Å². The summed E-state index contributed by atoms with van der Waals surface area (Å²) in [5, 5.41) is 10.2. The number of likely N-dealkylation sites (N-methyl/N-ethyl adjacent to an activating group) is 2. The number of hydrogen-bond donors (Lipinski definition) is 2. The molecule has 46 heavy (non-hydrogen) atoms. The van der Waals surface area contributed by atoms with Gasteiger partial charge in [-0.05, 0) is 0 Å². The zero-order chi connectivity index (χ0) is 34.8. The summed E-state index contributed by atoms with van der Waals surface area (Å²) in [4.78, 5) is 35.8. The van der Waals surface area contributed by atoms with Crippen LogP contribution in [0.4, 0.5) is 26.3 Å². The van der Waals surface area contributed by atoms with E-state index in [1.807, 2.05) is 0 Å². The molecule has 0 aromatic heterocycles. The number of aliphatic carboxylic acids is 1. The van der Waals surface area contributed by atoms with Crippen LogP contribution in [0.25, 0.3) is 0 Å². The van der Waals surface area contributed by atoms with Gasteiger partial charge in [0, 0.05) is 0 Å². The molecule has 0 bridgehead atoms. The fraction of sp³-hybridized carbons (Fsp3) is 0.267. The largest absolute Gasteiger partial charge is 0.542 e. The maximum absolute atomic E-state index is 13.9. The van der Waals surface area contributed by atoms with E-state index in [9.17, 15) is 35.9 Å². The van der Waals surface area contributed by atoms with E-state index in [0.29, 0.717) is 15.9 Å². The van der Waals surface area contributed by atoms with E-state index in [1.54, 1.807) is 105 Å². The summed E-state index contributed by atoms with van der Waals surface area (Å²) in [6.07, 6.45) is -10.2. The van der Waals surface area contributed by atoms with Gasteiger partial charge in [-0.3, -0.25) is 0 Å². The average molecular weight is 675 g/mol. The molecule has 0 saturated carbocycles. The van der Waals surface area contributed by atoms with Gasteiger partial charge in [0.05, 0.1) is 0 Å². The first kappa shape index (κ1) is 37.5. The molecule has 1 amide bonds. The fourth-order valence-electron chi connectivity index (χ4n) is 4.65. The molecule has 0 unspecified atom stereocenters. The molecule has 0 aliphatic heterocycles. The Bertz CT molecular complexity index is 1420. The van der Waals surface area contributed by atoms with Gasteiger partial charge in [-0.2, -0.15) is 13.2 Å². The number of nitrogens with two attached hydrogens (primary N) is 2. The number of nitrogens with zero attached hydrogens (tertiary/aromatic N) is 2. The van der Waals surface area contributed by atoms with Gasteiger partial charge in [-0.25, -0.2) is 0 Å². The standard InChI is InChI=1S/C28H32F3N4O3P.C2HF3O2/c1-34(25(36)21-35(2)27(32)33)19-12-20-39(22-13-6-3-7-14-22,23-15-8-4-9-16-23,24-17-10-5-11-18-24)38-26(37)28(29,30)31;3-2(4,5)1(6)7/h3-11,13-18H,12,19-21H2,1-2H3,(H3,32,33);(H,6,7). The van der Waals surface area contributed by atoms with Gasteiger partial charge in [-0.1, -0.05) is 0 Å². The number of guanidine groups is 1. The Kier molecular flexibility index (Phi) is 12.3. The Hall–Kier alpha value is -4.65. The first-order valence-electron chi connectivity index (χ1n) is 13.5. The number of carboxylic acid groups (broad SMARTS) is 1. The van der Waals surface area contributed by atoms with Crippen molar-refractivity contribution in [2.45, 2.75) is 18.8 Å². The van der Waals surface area contributed by atoms with Crippen molar-refractivity contribution in [3.8, 4) is 0 Å². The van der Waals surface area contributed by atoms with Crippen LogP contribution in [0.1, 0.15) is 6.42 Å². The van der Waals surface area contributed by atoms with Crippen LogP contribution in [0.2, 0.25) is 0 Å². The molecule has 0 atom stereocenters. The monoisotopic (exact) mass is 674 g/mol. The van der Waals surface area contributed by atoms with Gasteiger partial charge in [0.25, 0.3) is 0 Å². The first-order chi connectivity index (χ1) is 21.4. The SMILES string of the molecule is CN(CCCP(OC(=O)C(F)(F)F)(c1ccccc1)(c1ccccc1)c1ccccc1)C(=O)C[N+](C)=C(N)N.O=C([O-])C(F)(F)F. The van der Waals surface area contributed by atoms with Crippen LogP contribution in [0.5, 0.6) is 0 Å². The van der Waals surface area contributed by atoms with Crippen molar-refractivity contribution in [1.82, 2.24) is 4.90 Å². The number of carbonyl (C=O) groups excluding carboxylic acids is 3. The van der Waals surface area contributed by atoms with E-state index in [4.69, 9.17) is 25.9 Å². The second-order valence-electron chi connectivity index (χ2n) is 10.1. The van der Waals surface area contributed by atoms with Crippen LogP contribution in [0.15, 0.2) is 91.0 Å². The molecule has 3 rings (SSSR count). The molecule has 0 spiro atoms. The van der Waals surface area contributed by atoms with Crippen LogP contribution in [0, 0.1) is 0 Å². The van der Waals surface area contributed by atoms with Crippen molar-refractivity contribution >= 4 is 46.5 Å². The van der Waals surface area contributed by atoms with Crippen molar-refractivity contribution < 1.29 is 54.9 Å². The van der Waals surface area contributed by atoms with Crippen molar-refractivity contribution in [1.29, 1.82) is 0 Å². The third kappa shape index (κ3) is 8.75. The molecule has 3 aromatic rings. The molecule has 4 N–H and O–H groups in total. The second kappa shape index (κ2) is 15.1. The van der Waals surface area contributed by atoms with Gasteiger partial charge in [-0.15, -0.1) is 0 Å². The third-order valence-corrected chi connectivity index (χ3v) is 12.9. The second-order valence-corrected chi connectivity index (χ2v) is 14.7. The molecular weight excluding hydrogens is 641 g/mol. The third-order valence-electron chi connectivity index (χ3n) is 6.97. The molecule has 0 aliphatic rings. The van der Waals surface area contributed by atoms with Crippen LogP contribution >= 0.6 is 6.83 Å². The maximum Gasteiger partial charge on any atom is 0.430 e. The number of amides is 1. The number of alkyl halides is 6. The number of rotatable bonds is 10. The topological polar surface area (TPSA) is 142 Å². The van der Waals surface area contributed by atoms with Crippen molar-refractivity contribution in [2.24, 2.45) is 11.5 Å². The number of carboxylic acids is 1. The number of carbonyl (C=O) groups is 3. The fourth-order valence-corrected chi connectivity index (χ4v) is 10.4. The van der Waals surface area contributed by atoms with Crippen molar-refractivity contribution in [3.63, 3.8) is 0 Å². The summed E-state index contributed by atoms with van der Waals surface area (Å²) in [5.41, 5.74) is 11.1. The zero-order valence-electron chi connectivity index (χ0n) is 24.8. The number of halogens is 6. The van der Waals surface area contributed by atoms with Gasteiger partial charge < -0.3 is 9.90 Å². The van der Waals surface area contributed by atoms with E-state index in [1.165, 1.54) is 9.48 Å². The molecule has 16 heteroatoms. The maximum atomic E-state index is 13.9. The molecule has 0 heterocycles. The van der Waals surface area contributed by atoms with Gasteiger partial charge in [0.1, 0.15) is 5.97 Å². The molecule has 3 aromatic carbocycles. The molecule has 0 aliphatic carbocycles. The molecule has 9 nitrogen and oxygen atoms in total. The summed E-state index contributed by atoms with van der Waals surface area (Å²) in [6.45, 7) is -4.47.